The zero-order chi connectivity index (χ0) is 18.1. The third-order valence-electron chi connectivity index (χ3n) is 3.68. The van der Waals surface area contributed by atoms with Gasteiger partial charge in [-0.25, -0.2) is 0 Å². The van der Waals surface area contributed by atoms with Crippen LogP contribution in [0.25, 0.3) is 0 Å². The van der Waals surface area contributed by atoms with E-state index in [0.29, 0.717) is 17.7 Å². The van der Waals surface area contributed by atoms with Gasteiger partial charge in [0.1, 0.15) is 5.75 Å². The third kappa shape index (κ3) is 6.27. The van der Waals surface area contributed by atoms with E-state index in [1.54, 1.807) is 31.4 Å². The Balaban J connectivity index is 1.84. The molecule has 0 aromatic heterocycles. The lowest BCUT2D eigenvalue weighted by atomic mass is 10.1. The van der Waals surface area contributed by atoms with E-state index < -0.39 is 0 Å². The first-order valence-corrected chi connectivity index (χ1v) is 9.31. The minimum absolute atomic E-state index is 0.0388. The number of amides is 1. The number of ether oxygens (including phenoxy) is 1. The van der Waals surface area contributed by atoms with Gasteiger partial charge in [0.25, 0.3) is 0 Å². The molecule has 132 valence electrons. The van der Waals surface area contributed by atoms with Crippen LogP contribution in [0.1, 0.15) is 36.5 Å². The molecule has 0 aliphatic rings. The zero-order valence-corrected chi connectivity index (χ0v) is 15.4. The van der Waals surface area contributed by atoms with Crippen molar-refractivity contribution in [3.8, 4) is 5.75 Å². The molecular formula is C20H23NO3S. The summed E-state index contributed by atoms with van der Waals surface area (Å²) in [5.74, 6) is 1.22. The standard InChI is InChI=1S/C20H23NO3S/c1-3-4-5-20(23)21-16-8-12-18(13-9-16)25-14-19(22)15-6-10-17(24-2)11-7-15/h6-13H,3-5,14H2,1-2H3,(H,21,23). The molecule has 0 radical (unpaired) electrons. The number of unbranched alkanes of at least 4 members (excludes halogenated alkanes) is 1. The van der Waals surface area contributed by atoms with Crippen molar-refractivity contribution in [1.82, 2.24) is 0 Å². The lowest BCUT2D eigenvalue weighted by Crippen LogP contribution is -2.10. The predicted molar refractivity (Wildman–Crippen MR) is 103 cm³/mol. The maximum Gasteiger partial charge on any atom is 0.224 e. The number of hydrogen-bond acceptors (Lipinski definition) is 4. The van der Waals surface area contributed by atoms with E-state index in [0.717, 1.165) is 29.2 Å². The number of anilines is 1. The van der Waals surface area contributed by atoms with E-state index in [1.165, 1.54) is 11.8 Å². The molecule has 25 heavy (non-hydrogen) atoms. The monoisotopic (exact) mass is 357 g/mol. The first-order chi connectivity index (χ1) is 12.1. The summed E-state index contributed by atoms with van der Waals surface area (Å²) in [4.78, 5) is 24.9. The fourth-order valence-electron chi connectivity index (χ4n) is 2.20. The van der Waals surface area contributed by atoms with E-state index in [-0.39, 0.29) is 11.7 Å². The molecule has 2 rings (SSSR count). The van der Waals surface area contributed by atoms with Gasteiger partial charge in [0.15, 0.2) is 5.78 Å². The molecule has 0 atom stereocenters. The van der Waals surface area contributed by atoms with Gasteiger partial charge < -0.3 is 10.1 Å². The van der Waals surface area contributed by atoms with E-state index in [9.17, 15) is 9.59 Å². The van der Waals surface area contributed by atoms with Crippen molar-refractivity contribution in [2.75, 3.05) is 18.2 Å². The predicted octanol–water partition coefficient (Wildman–Crippen LogP) is 4.80. The molecule has 0 saturated carbocycles. The molecular weight excluding hydrogens is 334 g/mol. The van der Waals surface area contributed by atoms with Crippen LogP contribution in [0, 0.1) is 0 Å². The molecule has 5 heteroatoms. The summed E-state index contributed by atoms with van der Waals surface area (Å²) in [6, 6.07) is 14.7. The van der Waals surface area contributed by atoms with Crippen molar-refractivity contribution >= 4 is 29.1 Å². The minimum Gasteiger partial charge on any atom is -0.497 e. The second-order valence-electron chi connectivity index (χ2n) is 5.62. The van der Waals surface area contributed by atoms with Gasteiger partial charge in [0.2, 0.25) is 5.91 Å². The van der Waals surface area contributed by atoms with Crippen molar-refractivity contribution < 1.29 is 14.3 Å². The molecule has 0 aliphatic carbocycles. The summed E-state index contributed by atoms with van der Waals surface area (Å²) in [6.07, 6.45) is 2.45. The Hall–Kier alpha value is -2.27. The lowest BCUT2D eigenvalue weighted by molar-refractivity contribution is -0.116. The summed E-state index contributed by atoms with van der Waals surface area (Å²) in [5, 5.41) is 2.88. The zero-order valence-electron chi connectivity index (χ0n) is 14.6. The molecule has 1 N–H and O–H groups in total. The van der Waals surface area contributed by atoms with Crippen LogP contribution in [0.2, 0.25) is 0 Å². The highest BCUT2D eigenvalue weighted by Gasteiger charge is 2.07. The highest BCUT2D eigenvalue weighted by atomic mass is 32.2. The lowest BCUT2D eigenvalue weighted by Gasteiger charge is -2.06. The summed E-state index contributed by atoms with van der Waals surface area (Å²) in [5.41, 5.74) is 1.46. The maximum atomic E-state index is 12.2. The van der Waals surface area contributed by atoms with Crippen molar-refractivity contribution in [3.05, 3.63) is 54.1 Å². The average Bonchev–Trinajstić information content (AvgIpc) is 2.65. The Morgan fingerprint density at radius 2 is 1.72 bits per heavy atom. The van der Waals surface area contributed by atoms with Gasteiger partial charge >= 0.3 is 0 Å². The Kier molecular flexibility index (Phi) is 7.54. The van der Waals surface area contributed by atoms with Gasteiger partial charge in [-0.2, -0.15) is 0 Å². The van der Waals surface area contributed by atoms with Crippen LogP contribution in [0.4, 0.5) is 5.69 Å². The molecule has 0 unspecified atom stereocenters. The Labute approximate surface area is 153 Å². The number of hydrogen-bond donors (Lipinski definition) is 1. The number of thioether (sulfide) groups is 1. The molecule has 4 nitrogen and oxygen atoms in total. The smallest absolute Gasteiger partial charge is 0.224 e. The van der Waals surface area contributed by atoms with Crippen LogP contribution in [0.5, 0.6) is 5.75 Å². The average molecular weight is 357 g/mol. The summed E-state index contributed by atoms with van der Waals surface area (Å²) >= 11 is 1.48. The van der Waals surface area contributed by atoms with Crippen LogP contribution in [-0.2, 0) is 4.79 Å². The van der Waals surface area contributed by atoms with Gasteiger partial charge in [-0.05, 0) is 55.0 Å². The Morgan fingerprint density at radius 1 is 1.04 bits per heavy atom. The molecule has 0 saturated heterocycles. The fraction of sp³-hybridized carbons (Fsp3) is 0.300. The van der Waals surface area contributed by atoms with E-state index in [4.69, 9.17) is 4.74 Å². The van der Waals surface area contributed by atoms with Gasteiger partial charge in [0.05, 0.1) is 12.9 Å². The number of carbonyl (C=O) groups excluding carboxylic acids is 2. The van der Waals surface area contributed by atoms with Crippen molar-refractivity contribution in [2.24, 2.45) is 0 Å². The van der Waals surface area contributed by atoms with Crippen LogP contribution in [-0.4, -0.2) is 24.6 Å². The van der Waals surface area contributed by atoms with E-state index in [1.807, 2.05) is 24.3 Å². The summed E-state index contributed by atoms with van der Waals surface area (Å²) < 4.78 is 5.09. The van der Waals surface area contributed by atoms with E-state index >= 15 is 0 Å². The molecule has 0 fully saturated rings. The molecule has 1 amide bonds. The SMILES string of the molecule is CCCCC(=O)Nc1ccc(SCC(=O)c2ccc(OC)cc2)cc1. The minimum atomic E-state index is 0.0388. The largest absolute Gasteiger partial charge is 0.497 e. The van der Waals surface area contributed by atoms with Crippen LogP contribution < -0.4 is 10.1 Å². The van der Waals surface area contributed by atoms with Crippen molar-refractivity contribution in [3.63, 3.8) is 0 Å². The Bertz CT molecular complexity index is 696. The van der Waals surface area contributed by atoms with Crippen molar-refractivity contribution in [2.45, 2.75) is 31.1 Å². The van der Waals surface area contributed by atoms with Gasteiger partial charge in [0, 0.05) is 22.6 Å². The van der Waals surface area contributed by atoms with Crippen molar-refractivity contribution in [1.29, 1.82) is 0 Å². The normalized spacial score (nSPS) is 10.3. The summed E-state index contributed by atoms with van der Waals surface area (Å²) in [7, 11) is 1.60. The number of rotatable bonds is 9. The molecule has 0 heterocycles. The number of ketones is 1. The first-order valence-electron chi connectivity index (χ1n) is 8.32. The fourth-order valence-corrected chi connectivity index (χ4v) is 3.00. The number of benzene rings is 2. The number of nitrogens with one attached hydrogen (secondary N) is 1. The third-order valence-corrected chi connectivity index (χ3v) is 4.69. The summed E-state index contributed by atoms with van der Waals surface area (Å²) in [6.45, 7) is 2.06. The first kappa shape index (κ1) is 19.1. The number of methoxy groups -OCH3 is 1. The molecule has 0 spiro atoms. The van der Waals surface area contributed by atoms with Crippen LogP contribution >= 0.6 is 11.8 Å². The maximum absolute atomic E-state index is 12.2. The van der Waals surface area contributed by atoms with Gasteiger partial charge in [-0.3, -0.25) is 9.59 Å². The van der Waals surface area contributed by atoms with Gasteiger partial charge in [-0.1, -0.05) is 13.3 Å². The van der Waals surface area contributed by atoms with Crippen LogP contribution in [0.3, 0.4) is 0 Å². The molecule has 2 aromatic rings. The number of Topliss-reactive ketones (excluding diaryl/α,β-unsaturated/α-hetero) is 1. The molecule has 0 aliphatic heterocycles. The van der Waals surface area contributed by atoms with E-state index in [2.05, 4.69) is 12.2 Å². The quantitative estimate of drug-likeness (QED) is 0.517. The molecule has 0 bridgehead atoms. The number of carbonyl (C=O) groups is 2. The highest BCUT2D eigenvalue weighted by molar-refractivity contribution is 8.00. The van der Waals surface area contributed by atoms with Gasteiger partial charge in [-0.15, -0.1) is 11.8 Å². The highest BCUT2D eigenvalue weighted by Crippen LogP contribution is 2.22. The van der Waals surface area contributed by atoms with Crippen LogP contribution in [0.15, 0.2) is 53.4 Å². The molecule has 2 aromatic carbocycles. The Morgan fingerprint density at radius 3 is 2.32 bits per heavy atom. The topological polar surface area (TPSA) is 55.4 Å². The second-order valence-corrected chi connectivity index (χ2v) is 6.67. The second kappa shape index (κ2) is 9.89.